The molecule has 42 heavy (non-hydrogen) atoms. The Labute approximate surface area is 251 Å². The molecule has 0 radical (unpaired) electrons. The molecule has 1 aliphatic rings. The van der Waals surface area contributed by atoms with Gasteiger partial charge in [0.15, 0.2) is 23.0 Å². The minimum absolute atomic E-state index is 0.0977. The van der Waals surface area contributed by atoms with Crippen molar-refractivity contribution in [3.05, 3.63) is 76.2 Å². The van der Waals surface area contributed by atoms with Gasteiger partial charge in [0, 0.05) is 36.5 Å². The standard InChI is InChI=1S/C30H28Cl2F2N2O6/c1-38-26-9-18-7-8-36(23(18)12-27(26)39-2)15-29(37)41-25(11-20-21(31)13-35-14-22(20)32)19-5-6-24(42-30(33)34)28(10-19)40-16-17-3-4-17/h5-10,12-14,17,25,30H,3-4,11,15-16H2,1-2H3. The molecule has 0 saturated heterocycles. The first kappa shape index (κ1) is 29.7. The number of benzene rings is 2. The van der Waals surface area contributed by atoms with Gasteiger partial charge in [-0.25, -0.2) is 0 Å². The van der Waals surface area contributed by atoms with Crippen molar-refractivity contribution in [1.29, 1.82) is 0 Å². The Balaban J connectivity index is 1.45. The van der Waals surface area contributed by atoms with Crippen molar-refractivity contribution in [2.75, 3.05) is 20.8 Å². The first-order valence-electron chi connectivity index (χ1n) is 13.2. The molecule has 8 nitrogen and oxygen atoms in total. The molecule has 5 rings (SSSR count). The van der Waals surface area contributed by atoms with Gasteiger partial charge in [0.25, 0.3) is 0 Å². The molecule has 2 heterocycles. The monoisotopic (exact) mass is 620 g/mol. The third kappa shape index (κ3) is 6.99. The molecule has 0 bridgehead atoms. The average molecular weight is 621 g/mol. The number of methoxy groups -OCH3 is 2. The summed E-state index contributed by atoms with van der Waals surface area (Å²) in [6.45, 7) is -2.78. The van der Waals surface area contributed by atoms with Gasteiger partial charge in [0.05, 0.1) is 36.4 Å². The van der Waals surface area contributed by atoms with Gasteiger partial charge in [0.1, 0.15) is 12.6 Å². The van der Waals surface area contributed by atoms with Crippen LogP contribution in [0.25, 0.3) is 10.9 Å². The number of rotatable bonds is 13. The highest BCUT2D eigenvalue weighted by Crippen LogP contribution is 2.38. The minimum atomic E-state index is -3.03. The summed E-state index contributed by atoms with van der Waals surface area (Å²) in [5, 5.41) is 1.44. The molecule has 1 atom stereocenters. The fourth-order valence-corrected chi connectivity index (χ4v) is 5.08. The van der Waals surface area contributed by atoms with E-state index in [0.717, 1.165) is 23.7 Å². The molecule has 1 saturated carbocycles. The van der Waals surface area contributed by atoms with E-state index in [1.54, 1.807) is 36.1 Å². The first-order chi connectivity index (χ1) is 20.2. The lowest BCUT2D eigenvalue weighted by Crippen LogP contribution is -2.19. The van der Waals surface area contributed by atoms with Crippen LogP contribution < -0.4 is 18.9 Å². The number of ether oxygens (including phenoxy) is 5. The zero-order valence-electron chi connectivity index (χ0n) is 22.8. The largest absolute Gasteiger partial charge is 0.493 e. The molecule has 0 N–H and O–H groups in total. The van der Waals surface area contributed by atoms with E-state index in [1.807, 2.05) is 12.1 Å². The van der Waals surface area contributed by atoms with E-state index in [1.165, 1.54) is 25.6 Å². The van der Waals surface area contributed by atoms with Crippen molar-refractivity contribution >= 4 is 40.1 Å². The highest BCUT2D eigenvalue weighted by Gasteiger charge is 2.26. The van der Waals surface area contributed by atoms with Crippen molar-refractivity contribution in [3.63, 3.8) is 0 Å². The molecular formula is C30H28Cl2F2N2O6. The number of alkyl halides is 2. The molecule has 0 amide bonds. The number of nitrogens with zero attached hydrogens (tertiary/aromatic N) is 2. The van der Waals surface area contributed by atoms with Crippen LogP contribution in [0.4, 0.5) is 8.78 Å². The van der Waals surface area contributed by atoms with Gasteiger partial charge < -0.3 is 28.3 Å². The van der Waals surface area contributed by atoms with Gasteiger partial charge in [-0.05, 0) is 54.2 Å². The van der Waals surface area contributed by atoms with Gasteiger partial charge >= 0.3 is 12.6 Å². The predicted octanol–water partition coefficient (Wildman–Crippen LogP) is 7.28. The number of halogens is 4. The van der Waals surface area contributed by atoms with Crippen LogP contribution in [0.1, 0.15) is 30.1 Å². The molecular weight excluding hydrogens is 593 g/mol. The van der Waals surface area contributed by atoms with E-state index in [2.05, 4.69) is 9.72 Å². The fraction of sp³-hybridized carbons (Fsp3) is 0.333. The number of fused-ring (bicyclic) bond motifs is 1. The summed E-state index contributed by atoms with van der Waals surface area (Å²) >= 11 is 12.8. The van der Waals surface area contributed by atoms with Gasteiger partial charge in [0.2, 0.25) is 0 Å². The van der Waals surface area contributed by atoms with Gasteiger partial charge in [-0.15, -0.1) is 0 Å². The van der Waals surface area contributed by atoms with Crippen LogP contribution in [0.15, 0.2) is 55.0 Å². The van der Waals surface area contributed by atoms with E-state index in [9.17, 15) is 13.6 Å². The zero-order chi connectivity index (χ0) is 29.8. The minimum Gasteiger partial charge on any atom is -0.493 e. The van der Waals surface area contributed by atoms with Crippen molar-refractivity contribution < 1.29 is 37.3 Å². The van der Waals surface area contributed by atoms with E-state index >= 15 is 0 Å². The fourth-order valence-electron chi connectivity index (χ4n) is 4.56. The summed E-state index contributed by atoms with van der Waals surface area (Å²) < 4.78 is 55.2. The Bertz CT molecular complexity index is 1560. The Morgan fingerprint density at radius 2 is 1.71 bits per heavy atom. The van der Waals surface area contributed by atoms with Crippen LogP contribution >= 0.6 is 23.2 Å². The molecule has 12 heteroatoms. The second-order valence-electron chi connectivity index (χ2n) is 9.81. The number of pyridine rings is 1. The second-order valence-corrected chi connectivity index (χ2v) is 10.6. The summed E-state index contributed by atoms with van der Waals surface area (Å²) in [5.41, 5.74) is 1.75. The maximum atomic E-state index is 13.4. The molecule has 0 spiro atoms. The van der Waals surface area contributed by atoms with Crippen LogP contribution in [0, 0.1) is 5.92 Å². The molecule has 2 aromatic heterocycles. The second kappa shape index (κ2) is 13.0. The van der Waals surface area contributed by atoms with Crippen LogP contribution in [0.5, 0.6) is 23.0 Å². The Hall–Kier alpha value is -3.76. The summed E-state index contributed by atoms with van der Waals surface area (Å²) in [6.07, 6.45) is 5.87. The number of hydrogen-bond acceptors (Lipinski definition) is 7. The maximum absolute atomic E-state index is 13.4. The summed E-state index contributed by atoms with van der Waals surface area (Å²) in [5.74, 6) is 0.916. The maximum Gasteiger partial charge on any atom is 0.387 e. The normalized spacial score (nSPS) is 13.7. The lowest BCUT2D eigenvalue weighted by molar-refractivity contribution is -0.150. The Morgan fingerprint density at radius 3 is 2.38 bits per heavy atom. The third-order valence-corrected chi connectivity index (χ3v) is 7.57. The topological polar surface area (TPSA) is 81.0 Å². The summed E-state index contributed by atoms with van der Waals surface area (Å²) in [6, 6.07) is 9.91. The zero-order valence-corrected chi connectivity index (χ0v) is 24.3. The highest BCUT2D eigenvalue weighted by molar-refractivity contribution is 6.35. The molecule has 1 fully saturated rings. The van der Waals surface area contributed by atoms with Crippen molar-refractivity contribution in [2.45, 2.75) is 38.5 Å². The van der Waals surface area contributed by atoms with Gasteiger partial charge in [-0.2, -0.15) is 8.78 Å². The highest BCUT2D eigenvalue weighted by atomic mass is 35.5. The number of hydrogen-bond donors (Lipinski definition) is 0. The van der Waals surface area contributed by atoms with Crippen molar-refractivity contribution in [3.8, 4) is 23.0 Å². The van der Waals surface area contributed by atoms with Crippen LogP contribution in [-0.4, -0.2) is 43.0 Å². The molecule has 4 aromatic rings. The number of carbonyl (C=O) groups excluding carboxylic acids is 1. The van der Waals surface area contributed by atoms with E-state index in [-0.39, 0.29) is 24.5 Å². The smallest absolute Gasteiger partial charge is 0.387 e. The van der Waals surface area contributed by atoms with Crippen molar-refractivity contribution in [1.82, 2.24) is 9.55 Å². The Kier molecular flexibility index (Phi) is 9.23. The van der Waals surface area contributed by atoms with Crippen LogP contribution in [0.3, 0.4) is 0 Å². The molecule has 1 unspecified atom stereocenters. The quantitative estimate of drug-likeness (QED) is 0.145. The van der Waals surface area contributed by atoms with E-state index in [4.69, 9.17) is 42.1 Å². The number of esters is 1. The van der Waals surface area contributed by atoms with Gasteiger partial charge in [-0.3, -0.25) is 9.78 Å². The molecule has 1 aliphatic carbocycles. The Morgan fingerprint density at radius 1 is 1.00 bits per heavy atom. The lowest BCUT2D eigenvalue weighted by atomic mass is 10.0. The SMILES string of the molecule is COc1cc2ccn(CC(=O)OC(Cc3c(Cl)cncc3Cl)c3ccc(OC(F)F)c(OCC4CC4)c3)c2cc1OC. The van der Waals surface area contributed by atoms with E-state index in [0.29, 0.717) is 45.2 Å². The van der Waals surface area contributed by atoms with Crippen LogP contribution in [0.2, 0.25) is 10.0 Å². The average Bonchev–Trinajstić information content (AvgIpc) is 3.72. The number of aromatic nitrogens is 2. The summed E-state index contributed by atoms with van der Waals surface area (Å²) in [4.78, 5) is 17.4. The van der Waals surface area contributed by atoms with E-state index < -0.39 is 18.7 Å². The number of carbonyl (C=O) groups is 1. The van der Waals surface area contributed by atoms with Crippen LogP contribution in [-0.2, 0) is 22.5 Å². The molecule has 0 aliphatic heterocycles. The lowest BCUT2D eigenvalue weighted by Gasteiger charge is -2.22. The predicted molar refractivity (Wildman–Crippen MR) is 153 cm³/mol. The molecule has 2 aromatic carbocycles. The first-order valence-corrected chi connectivity index (χ1v) is 13.9. The summed E-state index contributed by atoms with van der Waals surface area (Å²) in [7, 11) is 3.08. The van der Waals surface area contributed by atoms with Gasteiger partial charge in [-0.1, -0.05) is 29.3 Å². The third-order valence-electron chi connectivity index (χ3n) is 6.92. The molecule has 222 valence electrons. The van der Waals surface area contributed by atoms with Crippen molar-refractivity contribution in [2.24, 2.45) is 5.92 Å².